The van der Waals surface area contributed by atoms with E-state index in [1.165, 1.54) is 32.9 Å². The van der Waals surface area contributed by atoms with Crippen LogP contribution in [0.1, 0.15) is 25.0 Å². The van der Waals surface area contributed by atoms with Gasteiger partial charge in [0.15, 0.2) is 0 Å². The van der Waals surface area contributed by atoms with Gasteiger partial charge in [-0.1, -0.05) is 50.2 Å². The van der Waals surface area contributed by atoms with E-state index in [1.54, 1.807) is 0 Å². The van der Waals surface area contributed by atoms with Crippen LogP contribution in [0.25, 0.3) is 21.8 Å². The second-order valence-electron chi connectivity index (χ2n) is 6.97. The summed E-state index contributed by atoms with van der Waals surface area (Å²) in [4.78, 5) is 0. The Balaban J connectivity index is 2.02. The summed E-state index contributed by atoms with van der Waals surface area (Å²) in [5.41, 5.74) is 5.28. The Morgan fingerprint density at radius 2 is 1.04 bits per heavy atom. The van der Waals surface area contributed by atoms with Crippen LogP contribution < -0.4 is 0 Å². The molecule has 0 aliphatic carbocycles. The van der Waals surface area contributed by atoms with Crippen LogP contribution in [-0.2, 0) is 19.5 Å². The van der Waals surface area contributed by atoms with Crippen LogP contribution >= 0.6 is 0 Å². The summed E-state index contributed by atoms with van der Waals surface area (Å²) in [6, 6.07) is 17.3. The van der Waals surface area contributed by atoms with Gasteiger partial charge in [0, 0.05) is 53.7 Å². The van der Waals surface area contributed by atoms with Crippen LogP contribution in [0.3, 0.4) is 0 Å². The van der Waals surface area contributed by atoms with E-state index in [4.69, 9.17) is 0 Å². The molecular weight excluding hydrogens is 280 g/mol. The number of fused-ring (bicyclic) bond motifs is 2. The van der Waals surface area contributed by atoms with Crippen molar-refractivity contribution in [2.24, 2.45) is 14.1 Å². The molecule has 0 atom stereocenters. The van der Waals surface area contributed by atoms with E-state index < -0.39 is 0 Å². The first kappa shape index (κ1) is 14.1. The van der Waals surface area contributed by atoms with E-state index in [9.17, 15) is 0 Å². The monoisotopic (exact) mass is 302 g/mol. The number of aromatic nitrogens is 2. The Morgan fingerprint density at radius 3 is 1.48 bits per heavy atom. The third kappa shape index (κ3) is 1.94. The molecule has 2 nitrogen and oxygen atoms in total. The lowest BCUT2D eigenvalue weighted by Crippen LogP contribution is -2.18. The van der Waals surface area contributed by atoms with Crippen LogP contribution in [0.2, 0.25) is 0 Å². The van der Waals surface area contributed by atoms with Gasteiger partial charge < -0.3 is 9.13 Å². The zero-order valence-corrected chi connectivity index (χ0v) is 14.2. The van der Waals surface area contributed by atoms with Gasteiger partial charge in [0.1, 0.15) is 0 Å². The van der Waals surface area contributed by atoms with Crippen LogP contribution in [0.5, 0.6) is 0 Å². The molecule has 0 fully saturated rings. The van der Waals surface area contributed by atoms with Gasteiger partial charge in [-0.05, 0) is 23.3 Å². The number of rotatable bonds is 2. The second kappa shape index (κ2) is 4.76. The molecule has 0 saturated heterocycles. The summed E-state index contributed by atoms with van der Waals surface area (Å²) >= 11 is 0. The van der Waals surface area contributed by atoms with Crippen molar-refractivity contribution in [3.8, 4) is 0 Å². The summed E-state index contributed by atoms with van der Waals surface area (Å²) < 4.78 is 4.47. The summed E-state index contributed by atoms with van der Waals surface area (Å²) in [7, 11) is 4.26. The van der Waals surface area contributed by atoms with Gasteiger partial charge in [-0.15, -0.1) is 0 Å². The molecule has 0 amide bonds. The van der Waals surface area contributed by atoms with Gasteiger partial charge in [0.2, 0.25) is 0 Å². The summed E-state index contributed by atoms with van der Waals surface area (Å²) in [5, 5.41) is 2.68. The SMILES string of the molecule is Cn1cc(C(C)(C)c2cn(C)c3ccccc23)c2ccccc21. The summed E-state index contributed by atoms with van der Waals surface area (Å²) in [6.45, 7) is 4.66. The quantitative estimate of drug-likeness (QED) is 0.493. The molecule has 0 bridgehead atoms. The molecule has 0 radical (unpaired) electrons. The van der Waals surface area contributed by atoms with Crippen LogP contribution in [0, 0.1) is 0 Å². The smallest absolute Gasteiger partial charge is 0.0480 e. The molecule has 4 rings (SSSR count). The lowest BCUT2D eigenvalue weighted by molar-refractivity contribution is 0.646. The highest BCUT2D eigenvalue weighted by Crippen LogP contribution is 2.40. The van der Waals surface area contributed by atoms with Crippen molar-refractivity contribution in [2.45, 2.75) is 19.3 Å². The predicted molar refractivity (Wildman–Crippen MR) is 98.0 cm³/mol. The molecule has 0 N–H and O–H groups in total. The van der Waals surface area contributed by atoms with E-state index in [0.717, 1.165) is 0 Å². The average Bonchev–Trinajstić information content (AvgIpc) is 3.08. The first-order valence-corrected chi connectivity index (χ1v) is 8.09. The number of para-hydroxylation sites is 2. The van der Waals surface area contributed by atoms with E-state index in [0.29, 0.717) is 0 Å². The number of hydrogen-bond donors (Lipinski definition) is 0. The van der Waals surface area contributed by atoms with E-state index in [2.05, 4.69) is 98.0 Å². The van der Waals surface area contributed by atoms with Gasteiger partial charge in [-0.3, -0.25) is 0 Å². The van der Waals surface area contributed by atoms with Crippen molar-refractivity contribution < 1.29 is 0 Å². The van der Waals surface area contributed by atoms with Gasteiger partial charge in [0.05, 0.1) is 0 Å². The molecule has 2 heterocycles. The van der Waals surface area contributed by atoms with Crippen molar-refractivity contribution in [3.63, 3.8) is 0 Å². The number of nitrogens with zero attached hydrogens (tertiary/aromatic N) is 2. The molecular formula is C21H22N2. The largest absolute Gasteiger partial charge is 0.350 e. The summed E-state index contributed by atoms with van der Waals surface area (Å²) in [6.07, 6.45) is 4.57. The Kier molecular flexibility index (Phi) is 2.92. The van der Waals surface area contributed by atoms with Gasteiger partial charge >= 0.3 is 0 Å². The Bertz CT molecular complexity index is 933. The fraction of sp³-hybridized carbons (Fsp3) is 0.238. The van der Waals surface area contributed by atoms with Gasteiger partial charge in [0.25, 0.3) is 0 Å². The van der Waals surface area contributed by atoms with Crippen molar-refractivity contribution in [1.29, 1.82) is 0 Å². The molecule has 0 unspecified atom stereocenters. The molecule has 0 aliphatic rings. The highest BCUT2D eigenvalue weighted by atomic mass is 14.9. The number of hydrogen-bond acceptors (Lipinski definition) is 0. The fourth-order valence-electron chi connectivity index (χ4n) is 3.82. The Labute approximate surface area is 137 Å². The Hall–Kier alpha value is -2.48. The molecule has 0 aliphatic heterocycles. The molecule has 2 aromatic carbocycles. The molecule has 0 spiro atoms. The lowest BCUT2D eigenvalue weighted by Gasteiger charge is -2.24. The maximum absolute atomic E-state index is 2.33. The zero-order valence-electron chi connectivity index (χ0n) is 14.2. The zero-order chi connectivity index (χ0) is 16.2. The first-order chi connectivity index (χ1) is 11.0. The minimum Gasteiger partial charge on any atom is -0.350 e. The molecule has 2 aromatic heterocycles. The standard InChI is InChI=1S/C21H22N2/c1-21(2,17-13-22(3)19-11-7-5-9-15(17)19)18-14-23(4)20-12-8-6-10-16(18)20/h5-14H,1-4H3. The third-order valence-electron chi connectivity index (χ3n) is 5.14. The highest BCUT2D eigenvalue weighted by Gasteiger charge is 2.29. The lowest BCUT2D eigenvalue weighted by atomic mass is 9.78. The van der Waals surface area contributed by atoms with Crippen molar-refractivity contribution in [3.05, 3.63) is 72.1 Å². The number of benzene rings is 2. The van der Waals surface area contributed by atoms with Crippen LogP contribution in [-0.4, -0.2) is 9.13 Å². The van der Waals surface area contributed by atoms with Crippen molar-refractivity contribution in [1.82, 2.24) is 9.13 Å². The topological polar surface area (TPSA) is 9.86 Å². The predicted octanol–water partition coefficient (Wildman–Crippen LogP) is 5.00. The maximum atomic E-state index is 2.33. The van der Waals surface area contributed by atoms with E-state index in [1.807, 2.05) is 0 Å². The van der Waals surface area contributed by atoms with Crippen LogP contribution in [0.15, 0.2) is 60.9 Å². The first-order valence-electron chi connectivity index (χ1n) is 8.09. The van der Waals surface area contributed by atoms with Gasteiger partial charge in [-0.2, -0.15) is 0 Å². The maximum Gasteiger partial charge on any atom is 0.0480 e. The molecule has 4 aromatic rings. The molecule has 116 valence electrons. The minimum atomic E-state index is -0.0538. The van der Waals surface area contributed by atoms with E-state index in [-0.39, 0.29) is 5.41 Å². The average molecular weight is 302 g/mol. The Morgan fingerprint density at radius 1 is 0.652 bits per heavy atom. The molecule has 23 heavy (non-hydrogen) atoms. The normalized spacial score (nSPS) is 12.3. The fourth-order valence-corrected chi connectivity index (χ4v) is 3.82. The van der Waals surface area contributed by atoms with Crippen molar-refractivity contribution in [2.75, 3.05) is 0 Å². The molecule has 0 saturated carbocycles. The minimum absolute atomic E-state index is 0.0538. The van der Waals surface area contributed by atoms with E-state index >= 15 is 0 Å². The highest BCUT2D eigenvalue weighted by molar-refractivity contribution is 5.89. The third-order valence-corrected chi connectivity index (χ3v) is 5.14. The van der Waals surface area contributed by atoms with Crippen LogP contribution in [0.4, 0.5) is 0 Å². The molecule has 2 heteroatoms. The van der Waals surface area contributed by atoms with Crippen molar-refractivity contribution >= 4 is 21.8 Å². The van der Waals surface area contributed by atoms with Gasteiger partial charge in [-0.25, -0.2) is 0 Å². The second-order valence-corrected chi connectivity index (χ2v) is 6.97. The summed E-state index contributed by atoms with van der Waals surface area (Å²) in [5.74, 6) is 0. The number of aryl methyl sites for hydroxylation is 2.